The molecule has 2 aliphatic rings. The number of carbonyl (C=O) groups excluding carboxylic acids is 2. The fraction of sp³-hybridized carbons (Fsp3) is 0.286. The molecule has 8 heteroatoms. The minimum atomic E-state index is -1.04. The summed E-state index contributed by atoms with van der Waals surface area (Å²) in [6, 6.07) is 19.7. The third kappa shape index (κ3) is 4.18. The van der Waals surface area contributed by atoms with Crippen LogP contribution >= 0.6 is 0 Å². The van der Waals surface area contributed by atoms with Crippen molar-refractivity contribution in [3.63, 3.8) is 0 Å². The molecule has 0 bridgehead atoms. The van der Waals surface area contributed by atoms with E-state index in [-0.39, 0.29) is 5.69 Å². The third-order valence-electron chi connectivity index (χ3n) is 6.26. The van der Waals surface area contributed by atoms with Crippen LogP contribution in [0.1, 0.15) is 31.9 Å². The Bertz CT molecular complexity index is 1270. The number of rotatable bonds is 8. The monoisotopic (exact) mass is 490 g/mol. The molecule has 5 rings (SSSR count). The van der Waals surface area contributed by atoms with E-state index in [9.17, 15) is 14.0 Å². The second-order valence-corrected chi connectivity index (χ2v) is 8.64. The molecule has 0 saturated carbocycles. The van der Waals surface area contributed by atoms with E-state index in [1.807, 2.05) is 62.4 Å². The first-order valence-electron chi connectivity index (χ1n) is 12.1. The Balaban J connectivity index is 1.58. The molecule has 3 aromatic rings. The van der Waals surface area contributed by atoms with Crippen LogP contribution in [0.3, 0.4) is 0 Å². The van der Waals surface area contributed by atoms with Gasteiger partial charge in [0.25, 0.3) is 5.91 Å². The van der Waals surface area contributed by atoms with Crippen molar-refractivity contribution in [2.24, 2.45) is 5.92 Å². The number of ether oxygens (including phenoxy) is 2. The van der Waals surface area contributed by atoms with Crippen LogP contribution in [0.5, 0.6) is 11.5 Å². The van der Waals surface area contributed by atoms with Crippen LogP contribution in [0.25, 0.3) is 0 Å². The van der Waals surface area contributed by atoms with Crippen molar-refractivity contribution in [3.05, 3.63) is 84.2 Å². The maximum Gasteiger partial charge on any atom is 0.266 e. The first-order chi connectivity index (χ1) is 17.5. The second kappa shape index (κ2) is 9.99. The number of anilines is 2. The summed E-state index contributed by atoms with van der Waals surface area (Å²) in [5.41, 5.74) is 1.63. The first kappa shape index (κ1) is 23.8. The molecule has 2 aliphatic heterocycles. The predicted octanol–water partition coefficient (Wildman–Crippen LogP) is 5.06. The summed E-state index contributed by atoms with van der Waals surface area (Å²) < 4.78 is 25.6. The van der Waals surface area contributed by atoms with Crippen molar-refractivity contribution in [1.82, 2.24) is 0 Å². The number of imide groups is 1. The van der Waals surface area contributed by atoms with Gasteiger partial charge in [0.1, 0.15) is 11.7 Å². The normalized spacial score (nSPS) is 21.1. The lowest BCUT2D eigenvalue weighted by Gasteiger charge is -2.29. The maximum atomic E-state index is 13.9. The Kier molecular flexibility index (Phi) is 6.61. The molecule has 2 amide bonds. The van der Waals surface area contributed by atoms with Crippen LogP contribution < -0.4 is 19.4 Å². The fourth-order valence-corrected chi connectivity index (χ4v) is 4.73. The van der Waals surface area contributed by atoms with E-state index in [4.69, 9.17) is 14.3 Å². The summed E-state index contributed by atoms with van der Waals surface area (Å²) in [5.74, 6) is -1.16. The van der Waals surface area contributed by atoms with Crippen molar-refractivity contribution in [1.29, 1.82) is 0 Å². The number of nitrogens with zero attached hydrogens (tertiary/aromatic N) is 2. The molecule has 3 atom stereocenters. The van der Waals surface area contributed by atoms with Crippen molar-refractivity contribution >= 4 is 23.2 Å². The van der Waals surface area contributed by atoms with Crippen LogP contribution in [0.15, 0.2) is 72.8 Å². The van der Waals surface area contributed by atoms with Gasteiger partial charge in [-0.05, 0) is 61.4 Å². The summed E-state index contributed by atoms with van der Waals surface area (Å²) in [7, 11) is 0. The highest BCUT2D eigenvalue weighted by molar-refractivity contribution is 6.23. The number of fused-ring (bicyclic) bond motifs is 1. The van der Waals surface area contributed by atoms with Gasteiger partial charge in [-0.25, -0.2) is 14.4 Å². The Hall–Kier alpha value is -3.91. The highest BCUT2D eigenvalue weighted by atomic mass is 19.1. The van der Waals surface area contributed by atoms with Crippen LogP contribution in [0.4, 0.5) is 15.8 Å². The average molecular weight is 491 g/mol. The molecule has 2 heterocycles. The van der Waals surface area contributed by atoms with Gasteiger partial charge in [-0.15, -0.1) is 0 Å². The number of hydroxylamine groups is 1. The number of carbonyl (C=O) groups is 2. The number of halogens is 1. The Morgan fingerprint density at radius 2 is 1.64 bits per heavy atom. The molecule has 0 spiro atoms. The zero-order valence-electron chi connectivity index (χ0n) is 20.1. The minimum absolute atomic E-state index is 0.186. The topological polar surface area (TPSA) is 68.3 Å². The molecule has 0 unspecified atom stereocenters. The number of hydrogen-bond donors (Lipinski definition) is 0. The molecule has 3 aromatic carbocycles. The van der Waals surface area contributed by atoms with Gasteiger partial charge in [0.2, 0.25) is 5.91 Å². The van der Waals surface area contributed by atoms with Crippen LogP contribution in [0, 0.1) is 11.7 Å². The third-order valence-corrected chi connectivity index (χ3v) is 6.26. The molecular formula is C28H27FN2O5. The van der Waals surface area contributed by atoms with E-state index in [0.29, 0.717) is 30.4 Å². The molecule has 0 N–H and O–H groups in total. The van der Waals surface area contributed by atoms with Crippen LogP contribution in [0.2, 0.25) is 0 Å². The maximum absolute atomic E-state index is 13.9. The number of amides is 2. The lowest BCUT2D eigenvalue weighted by atomic mass is 9.90. The first-order valence-corrected chi connectivity index (χ1v) is 12.1. The SMILES string of the molecule is CCCOc1ccc([C@H]2[C@H]3C(=O)N(c4cccc(F)c4)C(=O)[C@@H]3ON2c2ccccc2)cc1OCC. The van der Waals surface area contributed by atoms with Crippen LogP contribution in [-0.4, -0.2) is 31.1 Å². The highest BCUT2D eigenvalue weighted by Gasteiger charge is 2.60. The van der Waals surface area contributed by atoms with Gasteiger partial charge in [-0.1, -0.05) is 37.3 Å². The Morgan fingerprint density at radius 1 is 0.861 bits per heavy atom. The largest absolute Gasteiger partial charge is 0.490 e. The average Bonchev–Trinajstić information content (AvgIpc) is 3.39. The smallest absolute Gasteiger partial charge is 0.266 e. The summed E-state index contributed by atoms with van der Waals surface area (Å²) in [6.07, 6.45) is -0.195. The van der Waals surface area contributed by atoms with Crippen molar-refractivity contribution in [2.45, 2.75) is 32.4 Å². The number of hydrogen-bond acceptors (Lipinski definition) is 6. The molecule has 36 heavy (non-hydrogen) atoms. The summed E-state index contributed by atoms with van der Waals surface area (Å²) in [4.78, 5) is 34.3. The molecule has 0 radical (unpaired) electrons. The van der Waals surface area contributed by atoms with E-state index >= 15 is 0 Å². The zero-order chi connectivity index (χ0) is 25.2. The van der Waals surface area contributed by atoms with Crippen LogP contribution in [-0.2, 0) is 14.4 Å². The van der Waals surface area contributed by atoms with Gasteiger partial charge in [-0.2, -0.15) is 0 Å². The standard InChI is InChI=1S/C28H27FN2O5/c1-3-15-35-22-14-13-18(16-23(22)34-4-2)25-24-26(36-31(25)20-10-6-5-7-11-20)28(33)30(27(24)32)21-12-8-9-19(29)17-21/h5-14,16-17,24-26H,3-4,15H2,1-2H3/t24-,25+,26-/m1/s1. The highest BCUT2D eigenvalue weighted by Crippen LogP contribution is 2.48. The van der Waals surface area contributed by atoms with Crippen molar-refractivity contribution < 1.29 is 28.3 Å². The number of benzene rings is 3. The summed E-state index contributed by atoms with van der Waals surface area (Å²) >= 11 is 0. The molecule has 186 valence electrons. The molecule has 2 fully saturated rings. The molecule has 2 saturated heterocycles. The predicted molar refractivity (Wildman–Crippen MR) is 132 cm³/mol. The Labute approximate surface area is 208 Å². The second-order valence-electron chi connectivity index (χ2n) is 8.64. The van der Waals surface area contributed by atoms with Crippen molar-refractivity contribution in [3.8, 4) is 11.5 Å². The quantitative estimate of drug-likeness (QED) is 0.411. The Morgan fingerprint density at radius 3 is 2.36 bits per heavy atom. The van der Waals surface area contributed by atoms with Gasteiger partial charge >= 0.3 is 0 Å². The van der Waals surface area contributed by atoms with E-state index in [2.05, 4.69) is 0 Å². The lowest BCUT2D eigenvalue weighted by Crippen LogP contribution is -2.37. The van der Waals surface area contributed by atoms with Gasteiger partial charge in [-0.3, -0.25) is 14.4 Å². The minimum Gasteiger partial charge on any atom is -0.490 e. The van der Waals surface area contributed by atoms with Gasteiger partial charge in [0, 0.05) is 0 Å². The number of para-hydroxylation sites is 1. The van der Waals surface area contributed by atoms with E-state index in [0.717, 1.165) is 16.9 Å². The molecule has 7 nitrogen and oxygen atoms in total. The van der Waals surface area contributed by atoms with Gasteiger partial charge < -0.3 is 9.47 Å². The molecule has 0 aromatic heterocycles. The summed E-state index contributed by atoms with van der Waals surface area (Å²) in [6.45, 7) is 4.89. The lowest BCUT2D eigenvalue weighted by molar-refractivity contribution is -0.126. The van der Waals surface area contributed by atoms with E-state index < -0.39 is 35.7 Å². The molecule has 0 aliphatic carbocycles. The fourth-order valence-electron chi connectivity index (χ4n) is 4.73. The van der Waals surface area contributed by atoms with Gasteiger partial charge in [0.05, 0.1) is 30.6 Å². The van der Waals surface area contributed by atoms with Gasteiger partial charge in [0.15, 0.2) is 17.6 Å². The summed E-state index contributed by atoms with van der Waals surface area (Å²) in [5, 5.41) is 1.62. The zero-order valence-corrected chi connectivity index (χ0v) is 20.1. The van der Waals surface area contributed by atoms with Crippen molar-refractivity contribution in [2.75, 3.05) is 23.2 Å². The van der Waals surface area contributed by atoms with E-state index in [1.165, 1.54) is 24.3 Å². The molecular weight excluding hydrogens is 463 g/mol. The van der Waals surface area contributed by atoms with E-state index in [1.54, 1.807) is 5.06 Å².